The minimum Gasteiger partial charge on any atom is -0.462 e. The third-order valence-corrected chi connectivity index (χ3v) is 15.1. The van der Waals surface area contributed by atoms with Gasteiger partial charge in [-0.05, 0) is 57.8 Å². The highest BCUT2D eigenvalue weighted by Crippen LogP contribution is 2.18. The van der Waals surface area contributed by atoms with Crippen LogP contribution in [0.3, 0.4) is 0 Å². The molecule has 0 aromatic carbocycles. The molecule has 0 heterocycles. The maximum Gasteiger partial charge on any atom is 0.306 e. The molecule has 0 rings (SSSR count). The van der Waals surface area contributed by atoms with E-state index in [2.05, 4.69) is 57.2 Å². The van der Waals surface area contributed by atoms with Crippen LogP contribution in [0.2, 0.25) is 0 Å². The highest BCUT2D eigenvalue weighted by molar-refractivity contribution is 5.71. The Hall–Kier alpha value is -2.37. The lowest BCUT2D eigenvalue weighted by molar-refractivity contribution is -0.167. The zero-order valence-corrected chi connectivity index (χ0v) is 50.6. The summed E-state index contributed by atoms with van der Waals surface area (Å²) in [6.45, 7) is 6.67. The van der Waals surface area contributed by atoms with Gasteiger partial charge in [-0.3, -0.25) is 14.4 Å². The smallest absolute Gasteiger partial charge is 0.306 e. The van der Waals surface area contributed by atoms with Gasteiger partial charge in [-0.1, -0.05) is 327 Å². The summed E-state index contributed by atoms with van der Waals surface area (Å²) in [6.07, 6.45) is 78.9. The topological polar surface area (TPSA) is 78.9 Å². The van der Waals surface area contributed by atoms with Gasteiger partial charge >= 0.3 is 17.9 Å². The van der Waals surface area contributed by atoms with E-state index in [4.69, 9.17) is 14.2 Å². The van der Waals surface area contributed by atoms with Crippen molar-refractivity contribution in [1.29, 1.82) is 0 Å². The van der Waals surface area contributed by atoms with E-state index in [9.17, 15) is 14.4 Å². The summed E-state index contributed by atoms with van der Waals surface area (Å²) in [5.41, 5.74) is 0. The quantitative estimate of drug-likeness (QED) is 0.0261. The monoisotopic (exact) mass is 1050 g/mol. The Labute approximate surface area is 467 Å². The number of carbonyl (C=O) groups excluding carboxylic acids is 3. The average molecular weight is 1050 g/mol. The van der Waals surface area contributed by atoms with E-state index >= 15 is 0 Å². The van der Waals surface area contributed by atoms with Crippen molar-refractivity contribution >= 4 is 17.9 Å². The SMILES string of the molecule is CCCCCCC/C=C\C/C=C\C/C=C\CCCCCCCCCCCCCCC(=O)OCC(COC(=O)CCCCCCCCCCC)OC(=O)CCCCCCCCCCCCCCCCCCCCCCC. The predicted octanol–water partition coefficient (Wildman–Crippen LogP) is 22.8. The van der Waals surface area contributed by atoms with Crippen LogP contribution in [0.5, 0.6) is 0 Å². The van der Waals surface area contributed by atoms with E-state index < -0.39 is 6.10 Å². The molecule has 75 heavy (non-hydrogen) atoms. The maximum absolute atomic E-state index is 12.9. The molecule has 0 saturated heterocycles. The summed E-state index contributed by atoms with van der Waals surface area (Å²) in [5, 5.41) is 0. The molecule has 0 bridgehead atoms. The van der Waals surface area contributed by atoms with Gasteiger partial charge in [0.15, 0.2) is 6.10 Å². The lowest BCUT2D eigenvalue weighted by Gasteiger charge is -2.18. The third-order valence-electron chi connectivity index (χ3n) is 15.1. The van der Waals surface area contributed by atoms with E-state index in [0.717, 1.165) is 70.6 Å². The van der Waals surface area contributed by atoms with Crippen molar-refractivity contribution in [3.63, 3.8) is 0 Å². The molecule has 0 aliphatic heterocycles. The summed E-state index contributed by atoms with van der Waals surface area (Å²) in [7, 11) is 0. The predicted molar refractivity (Wildman–Crippen MR) is 326 cm³/mol. The standard InChI is InChI=1S/C69H128O6/c1-4-7-10-13-16-19-21-23-25-27-29-31-32-33-34-35-36-38-39-41-43-45-47-50-53-56-59-62-68(71)74-65-66(64-73-67(70)61-58-55-52-49-18-15-12-9-6-3)75-69(72)63-60-57-54-51-48-46-44-42-40-37-30-28-26-24-22-20-17-14-11-8-5-2/h21,23,27,29,32-33,66H,4-20,22,24-26,28,30-31,34-65H2,1-3H3/b23-21-,29-27-,33-32-. The van der Waals surface area contributed by atoms with Crippen LogP contribution in [0.15, 0.2) is 36.5 Å². The molecule has 440 valence electrons. The van der Waals surface area contributed by atoms with Crippen LogP contribution in [0.4, 0.5) is 0 Å². The molecule has 0 saturated carbocycles. The summed E-state index contributed by atoms with van der Waals surface area (Å²) in [5.74, 6) is -0.846. The normalized spacial score (nSPS) is 12.2. The lowest BCUT2D eigenvalue weighted by Crippen LogP contribution is -2.30. The first-order valence-electron chi connectivity index (χ1n) is 33.5. The van der Waals surface area contributed by atoms with E-state index in [1.165, 1.54) is 257 Å². The number of esters is 3. The van der Waals surface area contributed by atoms with Crippen LogP contribution in [0, 0.1) is 0 Å². The van der Waals surface area contributed by atoms with Gasteiger partial charge < -0.3 is 14.2 Å². The number of unbranched alkanes of at least 4 members (excludes halogenated alkanes) is 45. The highest BCUT2D eigenvalue weighted by Gasteiger charge is 2.19. The molecule has 6 nitrogen and oxygen atoms in total. The van der Waals surface area contributed by atoms with Crippen molar-refractivity contribution in [1.82, 2.24) is 0 Å². The van der Waals surface area contributed by atoms with Gasteiger partial charge in [0.1, 0.15) is 13.2 Å². The first-order chi connectivity index (χ1) is 37.0. The molecular formula is C69H128O6. The number of hydrogen-bond acceptors (Lipinski definition) is 6. The minimum atomic E-state index is -0.768. The number of allylic oxidation sites excluding steroid dienone is 6. The van der Waals surface area contributed by atoms with Crippen molar-refractivity contribution in [2.75, 3.05) is 13.2 Å². The zero-order valence-electron chi connectivity index (χ0n) is 50.6. The number of carbonyl (C=O) groups is 3. The molecule has 1 unspecified atom stereocenters. The van der Waals surface area contributed by atoms with Crippen molar-refractivity contribution in [2.45, 2.75) is 374 Å². The molecule has 0 aliphatic rings. The van der Waals surface area contributed by atoms with Gasteiger partial charge in [0.25, 0.3) is 0 Å². The molecule has 0 N–H and O–H groups in total. The largest absolute Gasteiger partial charge is 0.462 e. The zero-order chi connectivity index (χ0) is 54.3. The Balaban J connectivity index is 4.14. The van der Waals surface area contributed by atoms with Crippen LogP contribution in [-0.4, -0.2) is 37.2 Å². The first-order valence-corrected chi connectivity index (χ1v) is 33.5. The molecule has 0 aromatic rings. The summed E-state index contributed by atoms with van der Waals surface area (Å²) >= 11 is 0. The van der Waals surface area contributed by atoms with Crippen molar-refractivity contribution in [3.05, 3.63) is 36.5 Å². The molecule has 0 radical (unpaired) electrons. The van der Waals surface area contributed by atoms with Gasteiger partial charge in [-0.2, -0.15) is 0 Å². The van der Waals surface area contributed by atoms with Crippen LogP contribution in [0.1, 0.15) is 367 Å². The maximum atomic E-state index is 12.9. The molecular weight excluding hydrogens is 925 g/mol. The molecule has 1 atom stereocenters. The first kappa shape index (κ1) is 72.6. The summed E-state index contributed by atoms with van der Waals surface area (Å²) in [4.78, 5) is 38.2. The van der Waals surface area contributed by atoms with Crippen LogP contribution < -0.4 is 0 Å². The van der Waals surface area contributed by atoms with Crippen molar-refractivity contribution in [3.8, 4) is 0 Å². The fraction of sp³-hybridized carbons (Fsp3) is 0.870. The van der Waals surface area contributed by atoms with Gasteiger partial charge in [-0.25, -0.2) is 0 Å². The van der Waals surface area contributed by atoms with Gasteiger partial charge in [0.05, 0.1) is 0 Å². The summed E-state index contributed by atoms with van der Waals surface area (Å²) < 4.78 is 16.9. The van der Waals surface area contributed by atoms with Crippen molar-refractivity contribution in [2.24, 2.45) is 0 Å². The van der Waals surface area contributed by atoms with E-state index in [1.807, 2.05) is 0 Å². The van der Waals surface area contributed by atoms with Crippen molar-refractivity contribution < 1.29 is 28.6 Å². The lowest BCUT2D eigenvalue weighted by atomic mass is 10.0. The third kappa shape index (κ3) is 62.4. The van der Waals surface area contributed by atoms with Crippen LogP contribution in [0.25, 0.3) is 0 Å². The molecule has 0 fully saturated rings. The van der Waals surface area contributed by atoms with E-state index in [-0.39, 0.29) is 31.1 Å². The highest BCUT2D eigenvalue weighted by atomic mass is 16.6. The van der Waals surface area contributed by atoms with Gasteiger partial charge in [0, 0.05) is 19.3 Å². The number of hydrogen-bond donors (Lipinski definition) is 0. The Bertz CT molecular complexity index is 1250. The second kappa shape index (κ2) is 64.2. The van der Waals surface area contributed by atoms with Gasteiger partial charge in [0.2, 0.25) is 0 Å². The Morgan fingerprint density at radius 3 is 0.747 bits per heavy atom. The molecule has 6 heteroatoms. The Kier molecular flexibility index (Phi) is 62.1. The minimum absolute atomic E-state index is 0.0670. The van der Waals surface area contributed by atoms with Gasteiger partial charge in [-0.15, -0.1) is 0 Å². The second-order valence-corrected chi connectivity index (χ2v) is 22.7. The molecule has 0 amide bonds. The summed E-state index contributed by atoms with van der Waals surface area (Å²) in [6, 6.07) is 0. The fourth-order valence-electron chi connectivity index (χ4n) is 10.1. The Morgan fingerprint density at radius 2 is 0.480 bits per heavy atom. The number of ether oxygens (including phenoxy) is 3. The fourth-order valence-corrected chi connectivity index (χ4v) is 10.1. The second-order valence-electron chi connectivity index (χ2n) is 22.7. The average Bonchev–Trinajstić information content (AvgIpc) is 3.41. The van der Waals surface area contributed by atoms with Crippen LogP contribution >= 0.6 is 0 Å². The Morgan fingerprint density at radius 1 is 0.267 bits per heavy atom. The van der Waals surface area contributed by atoms with E-state index in [0.29, 0.717) is 19.3 Å². The molecule has 0 spiro atoms. The molecule has 0 aliphatic carbocycles. The molecule has 0 aromatic heterocycles. The number of rotatable bonds is 62. The van der Waals surface area contributed by atoms with Crippen LogP contribution in [-0.2, 0) is 28.6 Å². The van der Waals surface area contributed by atoms with E-state index in [1.54, 1.807) is 0 Å².